The number of nitrogens with one attached hydrogen (secondary N) is 1. The maximum Gasteiger partial charge on any atom is 0.254 e. The Balaban J connectivity index is 1.66. The van der Waals surface area contributed by atoms with Gasteiger partial charge in [0.25, 0.3) is 5.91 Å². The van der Waals surface area contributed by atoms with E-state index in [1.807, 2.05) is 19.2 Å². The van der Waals surface area contributed by atoms with E-state index in [9.17, 15) is 4.79 Å². The molecule has 25 heavy (non-hydrogen) atoms. The van der Waals surface area contributed by atoms with Gasteiger partial charge in [-0.15, -0.1) is 0 Å². The first-order chi connectivity index (χ1) is 12.3. The first-order valence-corrected chi connectivity index (χ1v) is 9.27. The van der Waals surface area contributed by atoms with Gasteiger partial charge in [0.05, 0.1) is 11.8 Å². The highest BCUT2D eigenvalue weighted by Gasteiger charge is 2.15. The lowest BCUT2D eigenvalue weighted by atomic mass is 10.1. The first-order valence-electron chi connectivity index (χ1n) is 9.27. The van der Waals surface area contributed by atoms with E-state index in [4.69, 9.17) is 0 Å². The van der Waals surface area contributed by atoms with Crippen LogP contribution in [-0.2, 0) is 13.1 Å². The Labute approximate surface area is 149 Å². The minimum atomic E-state index is -0.0952. The molecular formula is C19H27N5O. The third kappa shape index (κ3) is 4.59. The molecule has 134 valence electrons. The molecule has 1 fully saturated rings. The minimum Gasteiger partial charge on any atom is -0.356 e. The topological polar surface area (TPSA) is 63.1 Å². The SMILES string of the molecule is CCn1cc(C(=O)NCc2cccnc2N2CCCCCCC2)cn1. The zero-order chi connectivity index (χ0) is 17.5. The number of hydrogen-bond acceptors (Lipinski definition) is 4. The van der Waals surface area contributed by atoms with E-state index >= 15 is 0 Å². The van der Waals surface area contributed by atoms with Crippen LogP contribution in [0.1, 0.15) is 54.9 Å². The summed E-state index contributed by atoms with van der Waals surface area (Å²) in [6, 6.07) is 3.99. The number of hydrogen-bond donors (Lipinski definition) is 1. The summed E-state index contributed by atoms with van der Waals surface area (Å²) >= 11 is 0. The molecule has 6 heteroatoms. The lowest BCUT2D eigenvalue weighted by molar-refractivity contribution is 0.0951. The Bertz CT molecular complexity index is 689. The van der Waals surface area contributed by atoms with Gasteiger partial charge < -0.3 is 10.2 Å². The monoisotopic (exact) mass is 341 g/mol. The first kappa shape index (κ1) is 17.5. The second-order valence-corrected chi connectivity index (χ2v) is 6.51. The summed E-state index contributed by atoms with van der Waals surface area (Å²) in [4.78, 5) is 19.3. The van der Waals surface area contributed by atoms with Gasteiger partial charge in [-0.3, -0.25) is 9.48 Å². The third-order valence-electron chi connectivity index (χ3n) is 4.68. The number of pyridine rings is 1. The van der Waals surface area contributed by atoms with Gasteiger partial charge in [-0.25, -0.2) is 4.98 Å². The normalized spacial score (nSPS) is 15.5. The van der Waals surface area contributed by atoms with Crippen LogP contribution in [0.4, 0.5) is 5.82 Å². The van der Waals surface area contributed by atoms with Crippen molar-refractivity contribution in [3.63, 3.8) is 0 Å². The van der Waals surface area contributed by atoms with E-state index in [0.29, 0.717) is 12.1 Å². The quantitative estimate of drug-likeness (QED) is 0.908. The van der Waals surface area contributed by atoms with Crippen LogP contribution >= 0.6 is 0 Å². The Morgan fingerprint density at radius 1 is 1.20 bits per heavy atom. The molecule has 1 saturated heterocycles. The van der Waals surface area contributed by atoms with Crippen molar-refractivity contribution in [1.82, 2.24) is 20.1 Å². The fourth-order valence-corrected chi connectivity index (χ4v) is 3.24. The van der Waals surface area contributed by atoms with Gasteiger partial charge in [-0.05, 0) is 25.8 Å². The van der Waals surface area contributed by atoms with Crippen molar-refractivity contribution in [1.29, 1.82) is 0 Å². The van der Waals surface area contributed by atoms with Crippen molar-refractivity contribution >= 4 is 11.7 Å². The van der Waals surface area contributed by atoms with Gasteiger partial charge in [0, 0.05) is 44.1 Å². The van der Waals surface area contributed by atoms with Crippen LogP contribution in [0.5, 0.6) is 0 Å². The number of aromatic nitrogens is 3. The van der Waals surface area contributed by atoms with Gasteiger partial charge in [0.1, 0.15) is 5.82 Å². The van der Waals surface area contributed by atoms with E-state index in [-0.39, 0.29) is 5.91 Å². The molecule has 0 spiro atoms. The third-order valence-corrected chi connectivity index (χ3v) is 4.68. The predicted molar refractivity (Wildman–Crippen MR) is 98.6 cm³/mol. The molecule has 2 aromatic heterocycles. The van der Waals surface area contributed by atoms with Crippen molar-refractivity contribution in [3.8, 4) is 0 Å². The van der Waals surface area contributed by atoms with E-state index in [0.717, 1.165) is 31.0 Å². The molecular weight excluding hydrogens is 314 g/mol. The molecule has 1 amide bonds. The molecule has 3 heterocycles. The van der Waals surface area contributed by atoms with E-state index in [1.165, 1.54) is 32.1 Å². The molecule has 6 nitrogen and oxygen atoms in total. The molecule has 0 aliphatic carbocycles. The molecule has 1 aliphatic rings. The molecule has 0 bridgehead atoms. The molecule has 0 unspecified atom stereocenters. The fourth-order valence-electron chi connectivity index (χ4n) is 3.24. The van der Waals surface area contributed by atoms with Crippen LogP contribution in [0, 0.1) is 0 Å². The van der Waals surface area contributed by atoms with Crippen LogP contribution in [0.3, 0.4) is 0 Å². The molecule has 0 atom stereocenters. The van der Waals surface area contributed by atoms with E-state index < -0.39 is 0 Å². The Morgan fingerprint density at radius 2 is 1.96 bits per heavy atom. The second kappa shape index (κ2) is 8.65. The van der Waals surface area contributed by atoms with Gasteiger partial charge in [-0.1, -0.05) is 25.3 Å². The maximum atomic E-state index is 12.3. The van der Waals surface area contributed by atoms with Crippen LogP contribution in [0.25, 0.3) is 0 Å². The van der Waals surface area contributed by atoms with Crippen LogP contribution in [0.15, 0.2) is 30.7 Å². The summed E-state index contributed by atoms with van der Waals surface area (Å²) in [5.74, 6) is 0.913. The predicted octanol–water partition coefficient (Wildman–Crippen LogP) is 3.00. The molecule has 1 N–H and O–H groups in total. The van der Waals surface area contributed by atoms with Crippen LogP contribution in [0.2, 0.25) is 0 Å². The van der Waals surface area contributed by atoms with Gasteiger partial charge >= 0.3 is 0 Å². The highest BCUT2D eigenvalue weighted by atomic mass is 16.1. The maximum absolute atomic E-state index is 12.3. The highest BCUT2D eigenvalue weighted by molar-refractivity contribution is 5.93. The standard InChI is InChI=1S/C19H27N5O/c1-2-24-15-17(14-22-24)19(25)21-13-16-9-8-10-20-18(16)23-11-6-4-3-5-7-12-23/h8-10,14-15H,2-7,11-13H2,1H3,(H,21,25). The van der Waals surface area contributed by atoms with Crippen LogP contribution < -0.4 is 10.2 Å². The zero-order valence-electron chi connectivity index (χ0n) is 14.9. The Morgan fingerprint density at radius 3 is 2.68 bits per heavy atom. The number of anilines is 1. The largest absolute Gasteiger partial charge is 0.356 e. The van der Waals surface area contributed by atoms with Crippen molar-refractivity contribution in [2.45, 2.75) is 52.1 Å². The lowest BCUT2D eigenvalue weighted by Gasteiger charge is -2.27. The molecule has 0 aromatic carbocycles. The number of rotatable bonds is 5. The van der Waals surface area contributed by atoms with E-state index in [1.54, 1.807) is 17.1 Å². The molecule has 0 saturated carbocycles. The average Bonchev–Trinajstić information content (AvgIpc) is 3.09. The van der Waals surface area contributed by atoms with E-state index in [2.05, 4.69) is 26.4 Å². The smallest absolute Gasteiger partial charge is 0.254 e. The van der Waals surface area contributed by atoms with Crippen molar-refractivity contribution < 1.29 is 4.79 Å². The number of amides is 1. The molecule has 2 aromatic rings. The van der Waals surface area contributed by atoms with Crippen molar-refractivity contribution in [2.75, 3.05) is 18.0 Å². The summed E-state index contributed by atoms with van der Waals surface area (Å²) in [5, 5.41) is 7.16. The summed E-state index contributed by atoms with van der Waals surface area (Å²) in [6.45, 7) is 5.33. The minimum absolute atomic E-state index is 0.0952. The number of aryl methyl sites for hydroxylation is 1. The Hall–Kier alpha value is -2.37. The van der Waals surface area contributed by atoms with Crippen molar-refractivity contribution in [2.24, 2.45) is 0 Å². The Kier molecular flexibility index (Phi) is 6.04. The lowest BCUT2D eigenvalue weighted by Crippen LogP contribution is -2.30. The summed E-state index contributed by atoms with van der Waals surface area (Å²) in [7, 11) is 0. The zero-order valence-corrected chi connectivity index (χ0v) is 14.9. The van der Waals surface area contributed by atoms with Gasteiger partial charge in [-0.2, -0.15) is 5.10 Å². The molecule has 3 rings (SSSR count). The van der Waals surface area contributed by atoms with Crippen molar-refractivity contribution in [3.05, 3.63) is 41.9 Å². The molecule has 0 radical (unpaired) electrons. The summed E-state index contributed by atoms with van der Waals surface area (Å²) in [5.41, 5.74) is 1.66. The second-order valence-electron chi connectivity index (χ2n) is 6.51. The fraction of sp³-hybridized carbons (Fsp3) is 0.526. The number of carbonyl (C=O) groups excluding carboxylic acids is 1. The number of nitrogens with zero attached hydrogens (tertiary/aromatic N) is 4. The number of carbonyl (C=O) groups is 1. The summed E-state index contributed by atoms with van der Waals surface area (Å²) in [6.07, 6.45) is 11.6. The van der Waals surface area contributed by atoms with Gasteiger partial charge in [0.2, 0.25) is 0 Å². The average molecular weight is 341 g/mol. The summed E-state index contributed by atoms with van der Waals surface area (Å²) < 4.78 is 1.75. The van der Waals surface area contributed by atoms with Gasteiger partial charge in [0.15, 0.2) is 0 Å². The molecule has 1 aliphatic heterocycles. The van der Waals surface area contributed by atoms with Crippen LogP contribution in [-0.4, -0.2) is 33.8 Å². The highest BCUT2D eigenvalue weighted by Crippen LogP contribution is 2.21.